The second-order valence-electron chi connectivity index (χ2n) is 13.9. The Bertz CT molecular complexity index is 2760. The lowest BCUT2D eigenvalue weighted by atomic mass is 9.67. The first kappa shape index (κ1) is 29.6. The first-order valence-corrected chi connectivity index (χ1v) is 18.8. The maximum atomic E-state index is 2.53. The molecule has 242 valence electrons. The molecule has 1 aliphatic carbocycles. The Morgan fingerprint density at radius 2 is 0.712 bits per heavy atom. The van der Waals surface area contributed by atoms with E-state index in [-0.39, 0.29) is 0 Å². The molecule has 0 radical (unpaired) electrons. The molecule has 0 unspecified atom stereocenters. The molecule has 1 heterocycles. The maximum Gasteiger partial charge on any atom is 0.0735 e. The Morgan fingerprint density at radius 1 is 0.288 bits per heavy atom. The van der Waals surface area contributed by atoms with Gasteiger partial charge in [0.25, 0.3) is 0 Å². The zero-order valence-corrected chi connectivity index (χ0v) is 29.2. The van der Waals surface area contributed by atoms with E-state index < -0.39 is 5.41 Å². The van der Waals surface area contributed by atoms with Crippen LogP contribution in [0.25, 0.3) is 66.1 Å². The fraction of sp³-hybridized carbons (Fsp3) is 0.0196. The highest BCUT2D eigenvalue weighted by Gasteiger charge is 2.50. The Balaban J connectivity index is 1.19. The normalized spacial score (nSPS) is 13.5. The summed E-state index contributed by atoms with van der Waals surface area (Å²) in [4.78, 5) is 2.65. The lowest BCUT2D eigenvalue weighted by Gasteiger charge is -2.39. The highest BCUT2D eigenvalue weighted by atomic mass is 32.2. The summed E-state index contributed by atoms with van der Waals surface area (Å²) < 4.78 is 0. The fourth-order valence-corrected chi connectivity index (χ4v) is 10.4. The molecule has 0 nitrogen and oxygen atoms in total. The third kappa shape index (κ3) is 4.12. The van der Waals surface area contributed by atoms with Gasteiger partial charge >= 0.3 is 0 Å². The van der Waals surface area contributed by atoms with E-state index in [0.717, 1.165) is 0 Å². The van der Waals surface area contributed by atoms with E-state index in [4.69, 9.17) is 0 Å². The van der Waals surface area contributed by atoms with Crippen LogP contribution in [0.3, 0.4) is 0 Å². The van der Waals surface area contributed by atoms with Gasteiger partial charge in [0, 0.05) is 9.79 Å². The maximum absolute atomic E-state index is 2.53. The van der Waals surface area contributed by atoms with Crippen molar-refractivity contribution in [3.63, 3.8) is 0 Å². The molecule has 0 aromatic heterocycles. The minimum Gasteiger partial charge on any atom is -0.0894 e. The van der Waals surface area contributed by atoms with Crippen LogP contribution >= 0.6 is 11.8 Å². The SMILES string of the molecule is c1ccc(-c2ccc(-c3c4ccccc4c(-c4ccc5c(c4)C4(c6ccccc6Sc6ccccc64)c4ccccc4-5)c4ccccc34)cc2)cc1. The van der Waals surface area contributed by atoms with Crippen molar-refractivity contribution < 1.29 is 0 Å². The van der Waals surface area contributed by atoms with E-state index in [1.54, 1.807) is 0 Å². The van der Waals surface area contributed by atoms with Crippen LogP contribution in [-0.2, 0) is 5.41 Å². The van der Waals surface area contributed by atoms with Crippen molar-refractivity contribution >= 4 is 33.3 Å². The minimum absolute atomic E-state index is 0.410. The summed E-state index contributed by atoms with van der Waals surface area (Å²) in [7, 11) is 0. The van der Waals surface area contributed by atoms with E-state index in [1.165, 1.54) is 98.1 Å². The van der Waals surface area contributed by atoms with Crippen molar-refractivity contribution in [1.82, 2.24) is 0 Å². The Kier molecular flexibility index (Phi) is 6.50. The first-order valence-electron chi connectivity index (χ1n) is 18.0. The van der Waals surface area contributed by atoms with E-state index in [9.17, 15) is 0 Å². The molecule has 2 aliphatic rings. The van der Waals surface area contributed by atoms with Crippen LogP contribution in [0.2, 0.25) is 0 Å². The Labute approximate surface area is 308 Å². The molecule has 9 aromatic rings. The van der Waals surface area contributed by atoms with E-state index >= 15 is 0 Å². The van der Waals surface area contributed by atoms with Crippen molar-refractivity contribution in [1.29, 1.82) is 0 Å². The standard InChI is InChI=1S/C51H32S/c1-2-14-33(15-3-1)34-26-28-35(29-27-34)49-39-17-4-6-19-41(39)50(42-20-7-5-18-40(42)49)36-30-31-38-37-16-8-9-21-43(37)51(46(38)32-36)44-22-10-12-24-47(44)52-48-25-13-11-23-45(48)51/h1-32H. The second-order valence-corrected chi connectivity index (χ2v) is 15.0. The van der Waals surface area contributed by atoms with Gasteiger partial charge in [0.05, 0.1) is 5.41 Å². The predicted octanol–water partition coefficient (Wildman–Crippen LogP) is 13.8. The molecule has 1 aliphatic heterocycles. The number of hydrogen-bond acceptors (Lipinski definition) is 1. The fourth-order valence-electron chi connectivity index (χ4n) is 9.22. The highest BCUT2D eigenvalue weighted by molar-refractivity contribution is 7.99. The van der Waals surface area contributed by atoms with E-state index in [0.29, 0.717) is 0 Å². The van der Waals surface area contributed by atoms with Gasteiger partial charge in [-0.05, 0) is 107 Å². The van der Waals surface area contributed by atoms with Crippen LogP contribution in [0.1, 0.15) is 22.3 Å². The molecule has 11 rings (SSSR count). The number of rotatable bonds is 3. The summed E-state index contributed by atoms with van der Waals surface area (Å²) >= 11 is 1.90. The monoisotopic (exact) mass is 676 g/mol. The molecule has 52 heavy (non-hydrogen) atoms. The third-order valence-corrected chi connectivity index (χ3v) is 12.5. The summed E-state index contributed by atoms with van der Waals surface area (Å²) in [6.07, 6.45) is 0. The zero-order valence-electron chi connectivity index (χ0n) is 28.4. The quantitative estimate of drug-likeness (QED) is 0.168. The molecular formula is C51H32S. The largest absolute Gasteiger partial charge is 0.0894 e. The van der Waals surface area contributed by atoms with Crippen LogP contribution in [-0.4, -0.2) is 0 Å². The van der Waals surface area contributed by atoms with Gasteiger partial charge in [-0.2, -0.15) is 0 Å². The summed E-state index contributed by atoms with van der Waals surface area (Å²) in [5, 5.41) is 5.08. The van der Waals surface area contributed by atoms with E-state index in [1.807, 2.05) is 11.8 Å². The lowest BCUT2D eigenvalue weighted by Crippen LogP contribution is -2.31. The molecule has 0 saturated heterocycles. The molecule has 0 saturated carbocycles. The van der Waals surface area contributed by atoms with Crippen molar-refractivity contribution in [2.75, 3.05) is 0 Å². The van der Waals surface area contributed by atoms with Crippen LogP contribution in [0.15, 0.2) is 204 Å². The van der Waals surface area contributed by atoms with Gasteiger partial charge in [-0.1, -0.05) is 188 Å². The predicted molar refractivity (Wildman–Crippen MR) is 219 cm³/mol. The molecule has 0 amide bonds. The average molecular weight is 677 g/mol. The number of fused-ring (bicyclic) bond motifs is 11. The van der Waals surface area contributed by atoms with Gasteiger partial charge in [-0.25, -0.2) is 0 Å². The molecule has 0 bridgehead atoms. The third-order valence-electron chi connectivity index (χ3n) is 11.3. The molecule has 9 aromatic carbocycles. The van der Waals surface area contributed by atoms with Crippen molar-refractivity contribution in [3.05, 3.63) is 216 Å². The Morgan fingerprint density at radius 3 is 1.33 bits per heavy atom. The zero-order chi connectivity index (χ0) is 34.2. The first-order chi connectivity index (χ1) is 25.8. The van der Waals surface area contributed by atoms with Crippen LogP contribution < -0.4 is 0 Å². The topological polar surface area (TPSA) is 0 Å². The molecule has 0 fully saturated rings. The molecule has 1 heteroatoms. The minimum atomic E-state index is -0.410. The van der Waals surface area contributed by atoms with Gasteiger partial charge in [0.15, 0.2) is 0 Å². The van der Waals surface area contributed by atoms with Crippen LogP contribution in [0.4, 0.5) is 0 Å². The van der Waals surface area contributed by atoms with Gasteiger partial charge in [0.1, 0.15) is 0 Å². The van der Waals surface area contributed by atoms with Gasteiger partial charge < -0.3 is 0 Å². The Hall–Kier alpha value is -6.15. The van der Waals surface area contributed by atoms with Gasteiger partial charge in [-0.15, -0.1) is 0 Å². The highest BCUT2D eigenvalue weighted by Crippen LogP contribution is 2.62. The summed E-state index contributed by atoms with van der Waals surface area (Å²) in [5.74, 6) is 0. The van der Waals surface area contributed by atoms with Crippen LogP contribution in [0.5, 0.6) is 0 Å². The van der Waals surface area contributed by atoms with E-state index in [2.05, 4.69) is 194 Å². The summed E-state index contributed by atoms with van der Waals surface area (Å²) in [6, 6.07) is 72.2. The van der Waals surface area contributed by atoms with Gasteiger partial charge in [-0.3, -0.25) is 0 Å². The van der Waals surface area contributed by atoms with Gasteiger partial charge in [0.2, 0.25) is 0 Å². The smallest absolute Gasteiger partial charge is 0.0735 e. The summed E-state index contributed by atoms with van der Waals surface area (Å²) in [5.41, 5.74) is 15.2. The van der Waals surface area contributed by atoms with Crippen LogP contribution in [0, 0.1) is 0 Å². The number of hydrogen-bond donors (Lipinski definition) is 0. The summed E-state index contributed by atoms with van der Waals surface area (Å²) in [6.45, 7) is 0. The van der Waals surface area contributed by atoms with Crippen molar-refractivity contribution in [2.24, 2.45) is 0 Å². The average Bonchev–Trinajstić information content (AvgIpc) is 3.50. The second kappa shape index (κ2) is 11.4. The molecule has 1 spiro atoms. The van der Waals surface area contributed by atoms with Crippen molar-refractivity contribution in [3.8, 4) is 44.5 Å². The number of benzene rings is 9. The molecule has 0 N–H and O–H groups in total. The molecule has 0 atom stereocenters. The molecular weight excluding hydrogens is 645 g/mol. The lowest BCUT2D eigenvalue weighted by molar-refractivity contribution is 0.722. The van der Waals surface area contributed by atoms with Crippen molar-refractivity contribution in [2.45, 2.75) is 15.2 Å².